The highest BCUT2D eigenvalue weighted by atomic mass is 35.5. The molecule has 1 aliphatic heterocycles. The lowest BCUT2D eigenvalue weighted by atomic mass is 10.6. The first-order valence-corrected chi connectivity index (χ1v) is 1.48. The van der Waals surface area contributed by atoms with E-state index in [9.17, 15) is 0 Å². The summed E-state index contributed by atoms with van der Waals surface area (Å²) in [4.78, 5) is 0. The summed E-state index contributed by atoms with van der Waals surface area (Å²) in [5, 5.41) is 0. The molecular formula is C3H5ClO. The highest BCUT2D eigenvalue weighted by Crippen LogP contribution is 2.08. The lowest BCUT2D eigenvalue weighted by Crippen LogP contribution is -1.80. The van der Waals surface area contributed by atoms with Crippen LogP contribution >= 0.6 is 11.6 Å². The number of rotatable bonds is 1. The Morgan fingerprint density at radius 3 is 3.40 bits per heavy atom. The van der Waals surface area contributed by atoms with Crippen molar-refractivity contribution in [2.75, 3.05) is 12.4 Å². The molecule has 0 bridgehead atoms. The molecule has 5 heavy (non-hydrogen) atoms. The molecule has 0 aliphatic carbocycles. The molecule has 1 fully saturated rings. The molecule has 1 saturated heterocycles. The smallest absolute Gasteiger partial charge is 0.0944 e. The summed E-state index contributed by atoms with van der Waals surface area (Å²) in [5.74, 6) is -2.48. The fraction of sp³-hybridized carbons (Fsp3) is 1.00. The lowest BCUT2D eigenvalue weighted by Gasteiger charge is -1.67. The predicted molar refractivity (Wildman–Crippen MR) is 20.5 cm³/mol. The molecule has 1 nitrogen and oxygen atoms in total. The second-order valence-corrected chi connectivity index (χ2v) is 0.817. The lowest BCUT2D eigenvalue weighted by molar-refractivity contribution is 0.425. The van der Waals surface area contributed by atoms with Crippen LogP contribution in [0.5, 0.6) is 0 Å². The molecule has 1 heterocycles. The van der Waals surface area contributed by atoms with E-state index in [0.29, 0.717) is 0 Å². The van der Waals surface area contributed by atoms with Gasteiger partial charge >= 0.3 is 0 Å². The van der Waals surface area contributed by atoms with Gasteiger partial charge in [0.05, 0.1) is 22.6 Å². The van der Waals surface area contributed by atoms with E-state index in [2.05, 4.69) is 4.74 Å². The molecule has 0 N–H and O–H groups in total. The minimum absolute atomic E-state index is 2.23. The van der Waals surface area contributed by atoms with E-state index < -0.39 is 18.5 Å². The Morgan fingerprint density at radius 2 is 3.40 bits per heavy atom. The zero-order valence-corrected chi connectivity index (χ0v) is 3.04. The summed E-state index contributed by atoms with van der Waals surface area (Å²) in [6, 6.07) is 0. The van der Waals surface area contributed by atoms with Gasteiger partial charge in [-0.15, -0.1) is 11.6 Å². The zero-order chi connectivity index (χ0) is 8.21. The summed E-state index contributed by atoms with van der Waals surface area (Å²) >= 11 is 5.04. The minimum Gasteiger partial charge on any atom is -0.372 e. The predicted octanol–water partition coefficient (Wildman–Crippen LogP) is 0.624. The van der Waals surface area contributed by atoms with Crippen LogP contribution in [0, 0.1) is 0 Å². The molecular weight excluding hydrogens is 87.5 g/mol. The van der Waals surface area contributed by atoms with Crippen LogP contribution < -0.4 is 0 Å². The maximum absolute atomic E-state index is 6.99. The molecule has 0 radical (unpaired) electrons. The van der Waals surface area contributed by atoms with Gasteiger partial charge in [-0.05, 0) is 0 Å². The Hall–Kier alpha value is 0.250. The van der Waals surface area contributed by atoms with Gasteiger partial charge in [-0.25, -0.2) is 0 Å². The number of ether oxygens (including phenoxy) is 1. The normalized spacial score (nSPS) is 76.6. The molecule has 1 aliphatic rings. The van der Waals surface area contributed by atoms with Gasteiger partial charge in [0, 0.05) is 2.74 Å². The fourth-order valence-electron chi connectivity index (χ4n) is 0.0641. The van der Waals surface area contributed by atoms with Gasteiger partial charge in [-0.2, -0.15) is 0 Å². The van der Waals surface area contributed by atoms with Crippen molar-refractivity contribution >= 4 is 11.6 Å². The van der Waals surface area contributed by atoms with Gasteiger partial charge in [0.25, 0.3) is 0 Å². The van der Waals surface area contributed by atoms with Crippen LogP contribution in [0.1, 0.15) is 6.85 Å². The van der Waals surface area contributed by atoms with Gasteiger partial charge in [0.15, 0.2) is 0 Å². The van der Waals surface area contributed by atoms with Crippen molar-refractivity contribution in [3.05, 3.63) is 0 Å². The molecule has 30 valence electrons. The Morgan fingerprint density at radius 1 is 2.80 bits per heavy atom. The highest BCUT2D eigenvalue weighted by molar-refractivity contribution is 6.18. The van der Waals surface area contributed by atoms with Crippen LogP contribution in [-0.4, -0.2) is 18.5 Å². The number of alkyl halides is 1. The molecule has 0 saturated carbocycles. The van der Waals surface area contributed by atoms with Gasteiger partial charge < -0.3 is 4.74 Å². The quantitative estimate of drug-likeness (QED) is 0.345. The zero-order valence-electron chi connectivity index (χ0n) is 7.29. The van der Waals surface area contributed by atoms with E-state index in [1.54, 1.807) is 0 Å². The number of halogens is 1. The van der Waals surface area contributed by atoms with Crippen molar-refractivity contribution in [3.63, 3.8) is 0 Å². The largest absolute Gasteiger partial charge is 0.372 e. The van der Waals surface area contributed by atoms with Crippen LogP contribution in [0.25, 0.3) is 0 Å². The summed E-state index contributed by atoms with van der Waals surface area (Å²) in [7, 11) is 0. The average molecular weight is 97.6 g/mol. The molecule has 0 aromatic heterocycles. The molecule has 0 spiro atoms. The van der Waals surface area contributed by atoms with Crippen LogP contribution in [0.4, 0.5) is 0 Å². The van der Waals surface area contributed by atoms with Crippen molar-refractivity contribution in [2.45, 2.75) is 6.08 Å². The van der Waals surface area contributed by atoms with Gasteiger partial charge in [0.1, 0.15) is 0 Å². The van der Waals surface area contributed by atoms with E-state index in [1.165, 1.54) is 0 Å². The monoisotopic (exact) mass is 97.0 g/mol. The minimum atomic E-state index is -2.48. The Balaban J connectivity index is 2.78. The van der Waals surface area contributed by atoms with E-state index in [1.807, 2.05) is 0 Å². The first kappa shape index (κ1) is 0.903. The Bertz CT molecular complexity index is 165. The second-order valence-electron chi connectivity index (χ2n) is 0.628. The summed E-state index contributed by atoms with van der Waals surface area (Å²) in [6.45, 7) is -2.25. The highest BCUT2D eigenvalue weighted by Gasteiger charge is 2.19. The summed E-state index contributed by atoms with van der Waals surface area (Å²) < 4.78 is 38.3. The molecule has 1 rings (SSSR count). The first-order chi connectivity index (χ1) is 4.21. The van der Waals surface area contributed by atoms with Crippen LogP contribution in [0.15, 0.2) is 0 Å². The standard InChI is InChI=1S/C3H5ClO/c4-1-3-2-5-3/h3H,1-2H2/i1D2,2D2,3D. The maximum atomic E-state index is 6.99. The van der Waals surface area contributed by atoms with Gasteiger partial charge in [-0.3, -0.25) is 0 Å². The SMILES string of the molecule is [2H]C([2H])(Cl)C1([2H])OC1([2H])[2H]. The van der Waals surface area contributed by atoms with Crippen LogP contribution in [-0.2, 0) is 4.74 Å². The fourth-order valence-corrected chi connectivity index (χ4v) is 0.141. The number of hydrogen-bond acceptors (Lipinski definition) is 1. The van der Waals surface area contributed by atoms with Crippen molar-refractivity contribution < 1.29 is 11.6 Å². The third-order valence-electron chi connectivity index (χ3n) is 0.290. The average Bonchev–Trinajstić information content (AvgIpc) is 2.05. The number of epoxide rings is 1. The van der Waals surface area contributed by atoms with E-state index >= 15 is 0 Å². The Kier molecular flexibility index (Phi) is 0.207. The molecule has 0 aromatic carbocycles. The van der Waals surface area contributed by atoms with Crippen LogP contribution in [0.3, 0.4) is 0 Å². The number of hydrogen-bond donors (Lipinski definition) is 0. The Labute approximate surface area is 42.9 Å². The van der Waals surface area contributed by atoms with Crippen LogP contribution in [0.2, 0.25) is 0 Å². The molecule has 0 amide bonds. The van der Waals surface area contributed by atoms with Crippen molar-refractivity contribution in [1.82, 2.24) is 0 Å². The van der Waals surface area contributed by atoms with E-state index in [0.717, 1.165) is 0 Å². The van der Waals surface area contributed by atoms with Crippen molar-refractivity contribution in [3.8, 4) is 0 Å². The molecule has 0 aromatic rings. The molecule has 1 unspecified atom stereocenters. The van der Waals surface area contributed by atoms with Crippen molar-refractivity contribution in [2.24, 2.45) is 0 Å². The second kappa shape index (κ2) is 1.15. The summed E-state index contributed by atoms with van der Waals surface area (Å²) in [5.41, 5.74) is 0. The van der Waals surface area contributed by atoms with Crippen molar-refractivity contribution in [1.29, 1.82) is 0 Å². The summed E-state index contributed by atoms with van der Waals surface area (Å²) in [6.07, 6.45) is -2.23. The molecule has 1 atom stereocenters. The van der Waals surface area contributed by atoms with Gasteiger partial charge in [-0.1, -0.05) is 0 Å². The third-order valence-corrected chi connectivity index (χ3v) is 0.462. The first-order valence-electron chi connectivity index (χ1n) is 3.60. The molecule has 2 heteroatoms. The van der Waals surface area contributed by atoms with Gasteiger partial charge in [0.2, 0.25) is 0 Å². The maximum Gasteiger partial charge on any atom is 0.0944 e. The van der Waals surface area contributed by atoms with E-state index in [4.69, 9.17) is 18.5 Å². The van der Waals surface area contributed by atoms with E-state index in [-0.39, 0.29) is 0 Å². The topological polar surface area (TPSA) is 12.5 Å². The third kappa shape index (κ3) is 0.781.